The van der Waals surface area contributed by atoms with Crippen LogP contribution in [0.2, 0.25) is 0 Å². The van der Waals surface area contributed by atoms with Gasteiger partial charge in [0.2, 0.25) is 5.95 Å². The summed E-state index contributed by atoms with van der Waals surface area (Å²) >= 11 is 0. The molecule has 1 aliphatic rings. The highest BCUT2D eigenvalue weighted by Gasteiger charge is 2.16. The van der Waals surface area contributed by atoms with Crippen LogP contribution < -0.4 is 15.4 Å². The highest BCUT2D eigenvalue weighted by molar-refractivity contribution is 5.58. The minimum absolute atomic E-state index is 0.509. The topological polar surface area (TPSA) is 59.1 Å². The first-order valence-corrected chi connectivity index (χ1v) is 8.35. The van der Waals surface area contributed by atoms with Gasteiger partial charge in [0.25, 0.3) is 0 Å². The molecule has 0 spiro atoms. The summed E-state index contributed by atoms with van der Waals surface area (Å²) in [5, 5.41) is 6.78. The average Bonchev–Trinajstić information content (AvgIpc) is 3.02. The third-order valence-electron chi connectivity index (χ3n) is 3.98. The molecule has 0 saturated heterocycles. The fraction of sp³-hybridized carbons (Fsp3) is 0.444. The van der Waals surface area contributed by atoms with E-state index in [-0.39, 0.29) is 0 Å². The molecule has 1 saturated carbocycles. The Balaban J connectivity index is 1.70. The lowest BCUT2D eigenvalue weighted by Crippen LogP contribution is -2.17. The number of nitrogens with one attached hydrogen (secondary N) is 2. The second-order valence-corrected chi connectivity index (χ2v) is 5.93. The Morgan fingerprint density at radius 1 is 1.13 bits per heavy atom. The predicted octanol–water partition coefficient (Wildman–Crippen LogP) is 4.28. The molecular formula is C18H24N4O. The number of hydrogen-bond donors (Lipinski definition) is 2. The smallest absolute Gasteiger partial charge is 0.225 e. The summed E-state index contributed by atoms with van der Waals surface area (Å²) in [7, 11) is 0. The largest absolute Gasteiger partial charge is 0.494 e. The van der Waals surface area contributed by atoms with Crippen molar-refractivity contribution in [1.29, 1.82) is 0 Å². The van der Waals surface area contributed by atoms with Gasteiger partial charge in [0.1, 0.15) is 11.6 Å². The van der Waals surface area contributed by atoms with Gasteiger partial charge in [0.05, 0.1) is 6.61 Å². The van der Waals surface area contributed by atoms with Crippen LogP contribution in [0.3, 0.4) is 0 Å². The van der Waals surface area contributed by atoms with E-state index in [2.05, 4.69) is 20.6 Å². The number of rotatable bonds is 6. The van der Waals surface area contributed by atoms with Gasteiger partial charge in [-0.2, -0.15) is 4.98 Å². The van der Waals surface area contributed by atoms with E-state index >= 15 is 0 Å². The SMILES string of the molecule is CCOc1ccc(Nc2cc(C)nc(NC3CCCC3)n2)cc1. The van der Waals surface area contributed by atoms with Crippen molar-refractivity contribution in [3.63, 3.8) is 0 Å². The zero-order valence-electron chi connectivity index (χ0n) is 13.8. The van der Waals surface area contributed by atoms with E-state index in [0.717, 1.165) is 22.9 Å². The van der Waals surface area contributed by atoms with E-state index in [4.69, 9.17) is 4.74 Å². The van der Waals surface area contributed by atoms with Gasteiger partial charge in [-0.15, -0.1) is 0 Å². The fourth-order valence-electron chi connectivity index (χ4n) is 2.90. The molecule has 2 N–H and O–H groups in total. The minimum Gasteiger partial charge on any atom is -0.494 e. The lowest BCUT2D eigenvalue weighted by molar-refractivity contribution is 0.340. The van der Waals surface area contributed by atoms with E-state index in [1.165, 1.54) is 25.7 Å². The quantitative estimate of drug-likeness (QED) is 0.833. The molecule has 0 amide bonds. The molecule has 0 unspecified atom stereocenters. The van der Waals surface area contributed by atoms with Crippen LogP contribution in [0.4, 0.5) is 17.5 Å². The maximum absolute atomic E-state index is 5.46. The Labute approximate surface area is 137 Å². The van der Waals surface area contributed by atoms with Gasteiger partial charge >= 0.3 is 0 Å². The predicted molar refractivity (Wildman–Crippen MR) is 93.5 cm³/mol. The van der Waals surface area contributed by atoms with Crippen LogP contribution in [0.15, 0.2) is 30.3 Å². The number of benzene rings is 1. The van der Waals surface area contributed by atoms with Crippen molar-refractivity contribution >= 4 is 17.5 Å². The highest BCUT2D eigenvalue weighted by atomic mass is 16.5. The Hall–Kier alpha value is -2.30. The maximum atomic E-state index is 5.46. The Morgan fingerprint density at radius 3 is 2.57 bits per heavy atom. The van der Waals surface area contributed by atoms with Crippen LogP contribution in [-0.2, 0) is 0 Å². The highest BCUT2D eigenvalue weighted by Crippen LogP contribution is 2.23. The summed E-state index contributed by atoms with van der Waals surface area (Å²) in [4.78, 5) is 9.08. The molecule has 1 heterocycles. The minimum atomic E-state index is 0.509. The summed E-state index contributed by atoms with van der Waals surface area (Å²) in [6.45, 7) is 4.65. The van der Waals surface area contributed by atoms with Gasteiger partial charge in [-0.25, -0.2) is 4.98 Å². The second-order valence-electron chi connectivity index (χ2n) is 5.93. The molecular weight excluding hydrogens is 288 g/mol. The molecule has 23 heavy (non-hydrogen) atoms. The number of aryl methyl sites for hydroxylation is 1. The first-order chi connectivity index (χ1) is 11.2. The van der Waals surface area contributed by atoms with E-state index in [1.807, 2.05) is 44.2 Å². The molecule has 2 aromatic rings. The van der Waals surface area contributed by atoms with E-state index in [1.54, 1.807) is 0 Å². The molecule has 0 radical (unpaired) electrons. The summed E-state index contributed by atoms with van der Waals surface area (Å²) in [5.74, 6) is 2.40. The lowest BCUT2D eigenvalue weighted by Gasteiger charge is -2.14. The summed E-state index contributed by atoms with van der Waals surface area (Å²) < 4.78 is 5.46. The van der Waals surface area contributed by atoms with Gasteiger partial charge < -0.3 is 15.4 Å². The van der Waals surface area contributed by atoms with Crippen molar-refractivity contribution < 1.29 is 4.74 Å². The standard InChI is InChI=1S/C18H24N4O/c1-3-23-16-10-8-15(9-11-16)20-17-12-13(2)19-18(22-17)21-14-6-4-5-7-14/h8-12,14H,3-7H2,1-2H3,(H2,19,20,21,22). The van der Waals surface area contributed by atoms with Crippen LogP contribution in [0.5, 0.6) is 5.75 Å². The first-order valence-electron chi connectivity index (χ1n) is 8.35. The monoisotopic (exact) mass is 312 g/mol. The Bertz CT molecular complexity index is 636. The van der Waals surface area contributed by atoms with E-state index in [9.17, 15) is 0 Å². The van der Waals surface area contributed by atoms with Crippen LogP contribution in [-0.4, -0.2) is 22.6 Å². The Morgan fingerprint density at radius 2 is 1.87 bits per heavy atom. The van der Waals surface area contributed by atoms with Gasteiger partial charge in [-0.3, -0.25) is 0 Å². The van der Waals surface area contributed by atoms with E-state index in [0.29, 0.717) is 18.6 Å². The molecule has 0 atom stereocenters. The number of ether oxygens (including phenoxy) is 1. The van der Waals surface area contributed by atoms with Crippen molar-refractivity contribution in [3.8, 4) is 5.75 Å². The number of hydrogen-bond acceptors (Lipinski definition) is 5. The second kappa shape index (κ2) is 7.31. The van der Waals surface area contributed by atoms with Crippen LogP contribution in [0.25, 0.3) is 0 Å². The van der Waals surface area contributed by atoms with Crippen LogP contribution >= 0.6 is 0 Å². The first kappa shape index (κ1) is 15.6. The normalized spacial score (nSPS) is 14.7. The van der Waals surface area contributed by atoms with Gasteiger partial charge in [-0.1, -0.05) is 12.8 Å². The third kappa shape index (κ3) is 4.34. The third-order valence-corrected chi connectivity index (χ3v) is 3.98. The van der Waals surface area contributed by atoms with E-state index < -0.39 is 0 Å². The van der Waals surface area contributed by atoms with Crippen molar-refractivity contribution in [2.75, 3.05) is 17.2 Å². The summed E-state index contributed by atoms with van der Waals surface area (Å²) in [6.07, 6.45) is 5.00. The van der Waals surface area contributed by atoms with Gasteiger partial charge in [0, 0.05) is 23.5 Å². The zero-order chi connectivity index (χ0) is 16.1. The summed E-state index contributed by atoms with van der Waals surface area (Å²) in [5.41, 5.74) is 1.94. The maximum Gasteiger partial charge on any atom is 0.225 e. The van der Waals surface area contributed by atoms with Crippen molar-refractivity contribution in [3.05, 3.63) is 36.0 Å². The Kier molecular flexibility index (Phi) is 4.95. The molecule has 0 aliphatic heterocycles. The molecule has 5 nitrogen and oxygen atoms in total. The lowest BCUT2D eigenvalue weighted by atomic mass is 10.2. The fourth-order valence-corrected chi connectivity index (χ4v) is 2.90. The molecule has 1 aliphatic carbocycles. The average molecular weight is 312 g/mol. The molecule has 1 aromatic carbocycles. The van der Waals surface area contributed by atoms with Gasteiger partial charge in [0.15, 0.2) is 0 Å². The van der Waals surface area contributed by atoms with Gasteiger partial charge in [-0.05, 0) is 51.0 Å². The van der Waals surface area contributed by atoms with Crippen molar-refractivity contribution in [1.82, 2.24) is 9.97 Å². The van der Waals surface area contributed by atoms with Crippen LogP contribution in [0, 0.1) is 6.92 Å². The van der Waals surface area contributed by atoms with Crippen molar-refractivity contribution in [2.45, 2.75) is 45.6 Å². The number of anilines is 3. The van der Waals surface area contributed by atoms with Crippen molar-refractivity contribution in [2.24, 2.45) is 0 Å². The zero-order valence-corrected chi connectivity index (χ0v) is 13.8. The number of nitrogens with zero attached hydrogens (tertiary/aromatic N) is 2. The molecule has 0 bridgehead atoms. The summed E-state index contributed by atoms with van der Waals surface area (Å²) in [6, 6.07) is 10.4. The molecule has 3 rings (SSSR count). The number of aromatic nitrogens is 2. The molecule has 122 valence electrons. The molecule has 1 aromatic heterocycles. The van der Waals surface area contributed by atoms with Crippen LogP contribution in [0.1, 0.15) is 38.3 Å². The molecule has 1 fully saturated rings. The molecule has 5 heteroatoms.